The van der Waals surface area contributed by atoms with Gasteiger partial charge in [-0.2, -0.15) is 13.2 Å². The van der Waals surface area contributed by atoms with E-state index in [1.54, 1.807) is 28.8 Å². The molecule has 1 atom stereocenters. The van der Waals surface area contributed by atoms with Crippen molar-refractivity contribution in [1.82, 2.24) is 4.40 Å². The summed E-state index contributed by atoms with van der Waals surface area (Å²) in [7, 11) is 0. The molecule has 4 rings (SSSR count). The van der Waals surface area contributed by atoms with Crippen LogP contribution in [0.2, 0.25) is 10.0 Å². The van der Waals surface area contributed by atoms with E-state index in [4.69, 9.17) is 28.0 Å². The summed E-state index contributed by atoms with van der Waals surface area (Å²) >= 11 is 11.4. The van der Waals surface area contributed by atoms with Crippen LogP contribution in [0.4, 0.5) is 17.6 Å². The normalized spacial score (nSPS) is 20.0. The summed E-state index contributed by atoms with van der Waals surface area (Å²) in [5.74, 6) is -0.990. The smallest absolute Gasteiger partial charge is 0.374 e. The van der Waals surface area contributed by atoms with Crippen LogP contribution in [0.1, 0.15) is 17.7 Å². The highest BCUT2D eigenvalue weighted by atomic mass is 35.5. The van der Waals surface area contributed by atoms with Crippen LogP contribution in [0.3, 0.4) is 0 Å². The minimum Gasteiger partial charge on any atom is -0.374 e. The maximum absolute atomic E-state index is 14.0. The fourth-order valence-corrected chi connectivity index (χ4v) is 3.62. The second-order valence-electron chi connectivity index (χ2n) is 6.10. The third kappa shape index (κ3) is 2.76. The van der Waals surface area contributed by atoms with Gasteiger partial charge in [-0.05, 0) is 36.4 Å². The summed E-state index contributed by atoms with van der Waals surface area (Å²) in [6.07, 6.45) is -3.73. The number of hydrogen-bond acceptors (Lipinski definition) is 2. The van der Waals surface area contributed by atoms with Crippen LogP contribution in [-0.4, -0.2) is 16.3 Å². The van der Waals surface area contributed by atoms with E-state index in [0.29, 0.717) is 5.69 Å². The minimum absolute atomic E-state index is 0.102. The molecule has 3 aromatic rings. The number of alkyl halides is 3. The van der Waals surface area contributed by atoms with E-state index >= 15 is 0 Å². The molecule has 0 aliphatic carbocycles. The first-order valence-corrected chi connectivity index (χ1v) is 8.52. The molecule has 0 radical (unpaired) electrons. The van der Waals surface area contributed by atoms with Gasteiger partial charge in [-0.3, -0.25) is 0 Å². The molecule has 0 amide bonds. The Balaban J connectivity index is 1.82. The Bertz CT molecular complexity index is 1050. The van der Waals surface area contributed by atoms with Crippen molar-refractivity contribution >= 4 is 34.4 Å². The van der Waals surface area contributed by atoms with Gasteiger partial charge >= 0.3 is 6.18 Å². The Morgan fingerprint density at radius 1 is 1.07 bits per heavy atom. The van der Waals surface area contributed by atoms with Crippen LogP contribution < -0.4 is 0 Å². The average Bonchev–Trinajstić information content (AvgIpc) is 3.26. The Labute approximate surface area is 160 Å². The van der Waals surface area contributed by atoms with Crippen LogP contribution in [0, 0.1) is 5.82 Å². The molecule has 27 heavy (non-hydrogen) atoms. The van der Waals surface area contributed by atoms with Crippen molar-refractivity contribution in [3.8, 4) is 0 Å². The lowest BCUT2D eigenvalue weighted by atomic mass is 9.87. The number of aromatic nitrogens is 1. The van der Waals surface area contributed by atoms with E-state index in [0.717, 1.165) is 17.6 Å². The van der Waals surface area contributed by atoms with Crippen LogP contribution in [0.5, 0.6) is 0 Å². The quantitative estimate of drug-likeness (QED) is 0.373. The standard InChI is InChI=1S/C18H10Cl2F4N2O/c19-12-7-10(8-13(20)16(12)21)17(18(22,23)24)9-14(25-27-17)15-5-1-3-11-4-2-6-26(11)15/h1-8H,9H2. The summed E-state index contributed by atoms with van der Waals surface area (Å²) in [6.45, 7) is 0. The molecule has 1 aromatic carbocycles. The van der Waals surface area contributed by atoms with Gasteiger partial charge in [0.2, 0.25) is 0 Å². The van der Waals surface area contributed by atoms with Crippen molar-refractivity contribution in [2.45, 2.75) is 18.2 Å². The third-order valence-corrected chi connectivity index (χ3v) is 5.04. The van der Waals surface area contributed by atoms with E-state index < -0.39 is 39.6 Å². The lowest BCUT2D eigenvalue weighted by Gasteiger charge is -2.29. The first kappa shape index (κ1) is 18.1. The van der Waals surface area contributed by atoms with Gasteiger partial charge in [-0.15, -0.1) is 0 Å². The third-order valence-electron chi connectivity index (χ3n) is 4.49. The molecule has 0 spiro atoms. The maximum Gasteiger partial charge on any atom is 0.435 e. The number of rotatable bonds is 2. The zero-order valence-electron chi connectivity index (χ0n) is 13.4. The van der Waals surface area contributed by atoms with E-state index in [1.807, 2.05) is 12.1 Å². The van der Waals surface area contributed by atoms with Gasteiger partial charge in [0.15, 0.2) is 5.82 Å². The Hall–Kier alpha value is -2.25. The van der Waals surface area contributed by atoms with Gasteiger partial charge < -0.3 is 9.24 Å². The molecule has 0 N–H and O–H groups in total. The highest BCUT2D eigenvalue weighted by Crippen LogP contribution is 2.50. The van der Waals surface area contributed by atoms with E-state index in [1.165, 1.54) is 0 Å². The highest BCUT2D eigenvalue weighted by molar-refractivity contribution is 6.35. The van der Waals surface area contributed by atoms with Crippen LogP contribution >= 0.6 is 23.2 Å². The first-order valence-electron chi connectivity index (χ1n) is 7.76. The number of fused-ring (bicyclic) bond motifs is 1. The van der Waals surface area contributed by atoms with Crippen molar-refractivity contribution in [1.29, 1.82) is 0 Å². The van der Waals surface area contributed by atoms with Crippen LogP contribution in [0.25, 0.3) is 5.52 Å². The number of pyridine rings is 1. The molecule has 3 nitrogen and oxygen atoms in total. The fraction of sp³-hybridized carbons (Fsp3) is 0.167. The molecule has 1 aliphatic rings. The summed E-state index contributed by atoms with van der Waals surface area (Å²) in [6, 6.07) is 10.5. The zero-order chi connectivity index (χ0) is 19.4. The predicted molar refractivity (Wildman–Crippen MR) is 93.8 cm³/mol. The summed E-state index contributed by atoms with van der Waals surface area (Å²) < 4.78 is 57.5. The van der Waals surface area contributed by atoms with E-state index in [-0.39, 0.29) is 5.71 Å². The average molecular weight is 417 g/mol. The van der Waals surface area contributed by atoms with Crippen molar-refractivity contribution < 1.29 is 22.4 Å². The molecule has 0 bridgehead atoms. The zero-order valence-corrected chi connectivity index (χ0v) is 14.9. The van der Waals surface area contributed by atoms with Gasteiger partial charge in [0.25, 0.3) is 5.60 Å². The summed E-state index contributed by atoms with van der Waals surface area (Å²) in [4.78, 5) is 4.94. The van der Waals surface area contributed by atoms with Crippen molar-refractivity contribution in [3.05, 3.63) is 75.8 Å². The number of benzene rings is 1. The Morgan fingerprint density at radius 3 is 2.41 bits per heavy atom. The van der Waals surface area contributed by atoms with Crippen LogP contribution in [0.15, 0.2) is 53.8 Å². The lowest BCUT2D eigenvalue weighted by Crippen LogP contribution is -2.42. The summed E-state index contributed by atoms with van der Waals surface area (Å²) in [5, 5.41) is 2.66. The van der Waals surface area contributed by atoms with Gasteiger partial charge in [0.05, 0.1) is 22.2 Å². The molecule has 140 valence electrons. The van der Waals surface area contributed by atoms with Crippen molar-refractivity contribution in [2.24, 2.45) is 5.16 Å². The molecule has 0 saturated carbocycles. The highest BCUT2D eigenvalue weighted by Gasteiger charge is 2.62. The molecule has 0 saturated heterocycles. The monoisotopic (exact) mass is 416 g/mol. The predicted octanol–water partition coefficient (Wildman–Crippen LogP) is 5.97. The largest absolute Gasteiger partial charge is 0.435 e. The molecular weight excluding hydrogens is 407 g/mol. The SMILES string of the molecule is Fc1c(Cl)cc(C2(C(F)(F)F)CC(c3cccc4cccn34)=NO2)cc1Cl. The van der Waals surface area contributed by atoms with Gasteiger partial charge in [-0.1, -0.05) is 34.4 Å². The van der Waals surface area contributed by atoms with E-state index in [2.05, 4.69) is 5.16 Å². The van der Waals surface area contributed by atoms with E-state index in [9.17, 15) is 17.6 Å². The van der Waals surface area contributed by atoms with Crippen molar-refractivity contribution in [2.75, 3.05) is 0 Å². The molecule has 1 aliphatic heterocycles. The molecule has 1 unspecified atom stereocenters. The van der Waals surface area contributed by atoms with Gasteiger partial charge in [0.1, 0.15) is 5.71 Å². The Kier molecular flexibility index (Phi) is 4.12. The van der Waals surface area contributed by atoms with Crippen LogP contribution in [-0.2, 0) is 10.4 Å². The Morgan fingerprint density at radius 2 is 1.74 bits per heavy atom. The number of oxime groups is 1. The number of nitrogens with zero attached hydrogens (tertiary/aromatic N) is 2. The number of halogens is 6. The number of hydrogen-bond donors (Lipinski definition) is 0. The van der Waals surface area contributed by atoms with Crippen molar-refractivity contribution in [3.63, 3.8) is 0 Å². The molecule has 3 heterocycles. The summed E-state index contributed by atoms with van der Waals surface area (Å²) in [5.41, 5.74) is -1.86. The second-order valence-corrected chi connectivity index (χ2v) is 6.91. The molecule has 9 heteroatoms. The maximum atomic E-state index is 14.0. The molecule has 0 fully saturated rings. The fourth-order valence-electron chi connectivity index (χ4n) is 3.13. The van der Waals surface area contributed by atoms with Gasteiger partial charge in [0, 0.05) is 17.3 Å². The molecular formula is C18H10Cl2F4N2O. The second kappa shape index (κ2) is 6.14. The lowest BCUT2D eigenvalue weighted by molar-refractivity contribution is -0.275. The molecule has 2 aromatic heterocycles. The van der Waals surface area contributed by atoms with Gasteiger partial charge in [-0.25, -0.2) is 4.39 Å². The topological polar surface area (TPSA) is 26.0 Å². The minimum atomic E-state index is -4.84. The first-order chi connectivity index (χ1) is 12.7.